The second-order valence-electron chi connectivity index (χ2n) is 12.0. The SMILES string of the molecule is CN(Cc1cc(C(C)(C)C)cc(C(C)(C)C)c1O)C1CCCCC1N=Cc1cc(Cl)cc(Cl)c1O. The Morgan fingerprint density at radius 2 is 1.60 bits per heavy atom. The molecule has 192 valence electrons. The minimum atomic E-state index is -0.156. The number of hydrogen-bond donors (Lipinski definition) is 2. The van der Waals surface area contributed by atoms with Crippen molar-refractivity contribution in [1.82, 2.24) is 4.90 Å². The molecule has 4 nitrogen and oxygen atoms in total. The van der Waals surface area contributed by atoms with E-state index in [0.717, 1.165) is 36.8 Å². The van der Waals surface area contributed by atoms with Gasteiger partial charge in [-0.25, -0.2) is 0 Å². The molecule has 2 aromatic rings. The second kappa shape index (κ2) is 10.7. The maximum absolute atomic E-state index is 11.3. The highest BCUT2D eigenvalue weighted by molar-refractivity contribution is 6.36. The lowest BCUT2D eigenvalue weighted by Crippen LogP contribution is -2.42. The fourth-order valence-corrected chi connectivity index (χ4v) is 5.36. The van der Waals surface area contributed by atoms with Crippen molar-refractivity contribution in [2.75, 3.05) is 7.05 Å². The van der Waals surface area contributed by atoms with Crippen LogP contribution in [-0.2, 0) is 17.4 Å². The molecule has 0 heterocycles. The van der Waals surface area contributed by atoms with Crippen LogP contribution in [0.1, 0.15) is 89.5 Å². The van der Waals surface area contributed by atoms with Crippen LogP contribution in [0, 0.1) is 0 Å². The first kappa shape index (κ1) is 27.8. The molecular formula is C29H40Cl2N2O2. The van der Waals surface area contributed by atoms with Gasteiger partial charge in [-0.15, -0.1) is 0 Å². The molecule has 2 aromatic carbocycles. The average Bonchev–Trinajstić information content (AvgIpc) is 2.75. The van der Waals surface area contributed by atoms with Gasteiger partial charge in [0.25, 0.3) is 0 Å². The summed E-state index contributed by atoms with van der Waals surface area (Å²) in [4.78, 5) is 7.19. The highest BCUT2D eigenvalue weighted by Gasteiger charge is 2.30. The van der Waals surface area contributed by atoms with Gasteiger partial charge in [-0.05, 0) is 54.0 Å². The highest BCUT2D eigenvalue weighted by atomic mass is 35.5. The summed E-state index contributed by atoms with van der Waals surface area (Å²) in [5.41, 5.74) is 3.53. The van der Waals surface area contributed by atoms with Gasteiger partial charge < -0.3 is 10.2 Å². The van der Waals surface area contributed by atoms with E-state index in [-0.39, 0.29) is 33.7 Å². The molecule has 35 heavy (non-hydrogen) atoms. The maximum Gasteiger partial charge on any atom is 0.143 e. The van der Waals surface area contributed by atoms with E-state index in [1.807, 2.05) is 0 Å². The van der Waals surface area contributed by atoms with Gasteiger partial charge in [0.05, 0.1) is 11.1 Å². The molecule has 0 aliphatic heterocycles. The number of benzene rings is 2. The first-order valence-electron chi connectivity index (χ1n) is 12.5. The number of aliphatic imine (C=N–C) groups is 1. The normalized spacial score (nSPS) is 19.6. The minimum Gasteiger partial charge on any atom is -0.507 e. The van der Waals surface area contributed by atoms with Crippen LogP contribution in [0.4, 0.5) is 0 Å². The number of aromatic hydroxyl groups is 2. The van der Waals surface area contributed by atoms with Crippen LogP contribution >= 0.6 is 23.2 Å². The van der Waals surface area contributed by atoms with Gasteiger partial charge in [-0.2, -0.15) is 0 Å². The van der Waals surface area contributed by atoms with Crippen LogP contribution in [0.2, 0.25) is 10.0 Å². The van der Waals surface area contributed by atoms with Crippen molar-refractivity contribution in [3.63, 3.8) is 0 Å². The van der Waals surface area contributed by atoms with Gasteiger partial charge in [0.1, 0.15) is 11.5 Å². The van der Waals surface area contributed by atoms with Gasteiger partial charge in [0, 0.05) is 35.0 Å². The number of phenolic OH excluding ortho intramolecular Hbond substituents is 2. The lowest BCUT2D eigenvalue weighted by atomic mass is 9.78. The fourth-order valence-electron chi connectivity index (χ4n) is 4.85. The van der Waals surface area contributed by atoms with Crippen LogP contribution in [0.15, 0.2) is 29.3 Å². The summed E-state index contributed by atoms with van der Waals surface area (Å²) in [5, 5.41) is 22.3. The molecule has 1 saturated carbocycles. The predicted molar refractivity (Wildman–Crippen MR) is 149 cm³/mol. The van der Waals surface area contributed by atoms with Crippen LogP contribution in [0.3, 0.4) is 0 Å². The molecule has 0 aromatic heterocycles. The van der Waals surface area contributed by atoms with E-state index >= 15 is 0 Å². The predicted octanol–water partition coefficient (Wildman–Crippen LogP) is 7.86. The van der Waals surface area contributed by atoms with E-state index in [9.17, 15) is 10.2 Å². The standard InChI is InChI=1S/C29H40Cl2N2O2/c1-28(2,3)20-12-19(26(34)22(14-20)29(4,5)6)17-33(7)25-11-9-8-10-24(25)32-16-18-13-21(30)15-23(31)27(18)35/h12-16,24-25,34-35H,8-11,17H2,1-7H3. The van der Waals surface area contributed by atoms with E-state index < -0.39 is 0 Å². The zero-order valence-electron chi connectivity index (χ0n) is 22.1. The third kappa shape index (κ3) is 6.72. The quantitative estimate of drug-likeness (QED) is 0.396. The molecule has 0 radical (unpaired) electrons. The number of phenols is 2. The van der Waals surface area contributed by atoms with Crippen molar-refractivity contribution < 1.29 is 10.2 Å². The molecule has 2 N–H and O–H groups in total. The third-order valence-corrected chi connectivity index (χ3v) is 7.51. The van der Waals surface area contributed by atoms with Gasteiger partial charge >= 0.3 is 0 Å². The zero-order chi connectivity index (χ0) is 26.1. The molecule has 0 bridgehead atoms. The number of rotatable bonds is 5. The minimum absolute atomic E-state index is 0.000780. The van der Waals surface area contributed by atoms with Crippen LogP contribution < -0.4 is 0 Å². The van der Waals surface area contributed by atoms with Crippen LogP contribution in [-0.4, -0.2) is 40.5 Å². The Kier molecular flexibility index (Phi) is 8.51. The summed E-state index contributed by atoms with van der Waals surface area (Å²) < 4.78 is 0. The summed E-state index contributed by atoms with van der Waals surface area (Å²) in [6.07, 6.45) is 5.97. The topological polar surface area (TPSA) is 56.1 Å². The van der Waals surface area contributed by atoms with Gasteiger partial charge in [-0.1, -0.05) is 89.7 Å². The Balaban J connectivity index is 1.90. The maximum atomic E-state index is 11.3. The summed E-state index contributed by atoms with van der Waals surface area (Å²) in [7, 11) is 2.12. The largest absolute Gasteiger partial charge is 0.507 e. The Morgan fingerprint density at radius 3 is 2.23 bits per heavy atom. The number of nitrogens with zero attached hydrogens (tertiary/aromatic N) is 2. The molecule has 0 spiro atoms. The molecule has 2 atom stereocenters. The van der Waals surface area contributed by atoms with Crippen LogP contribution in [0.25, 0.3) is 0 Å². The van der Waals surface area contributed by atoms with Crippen molar-refractivity contribution in [2.24, 2.45) is 4.99 Å². The van der Waals surface area contributed by atoms with Gasteiger partial charge in [-0.3, -0.25) is 9.89 Å². The number of hydrogen-bond acceptors (Lipinski definition) is 4. The third-order valence-electron chi connectivity index (χ3n) is 7.01. The first-order valence-corrected chi connectivity index (χ1v) is 13.2. The first-order chi connectivity index (χ1) is 16.2. The Labute approximate surface area is 221 Å². The summed E-state index contributed by atoms with van der Waals surface area (Å²) in [5.74, 6) is 0.394. The molecule has 1 fully saturated rings. The molecule has 1 aliphatic rings. The van der Waals surface area contributed by atoms with Gasteiger partial charge in [0.15, 0.2) is 0 Å². The second-order valence-corrected chi connectivity index (χ2v) is 12.8. The zero-order valence-corrected chi connectivity index (χ0v) is 23.6. The molecule has 0 amide bonds. The highest BCUT2D eigenvalue weighted by Crippen LogP contribution is 2.39. The molecule has 3 rings (SSSR count). The molecular weight excluding hydrogens is 479 g/mol. The summed E-state index contributed by atoms with van der Waals surface area (Å²) >= 11 is 12.2. The van der Waals surface area contributed by atoms with Crippen molar-refractivity contribution in [2.45, 2.75) is 96.7 Å². The van der Waals surface area contributed by atoms with Crippen molar-refractivity contribution in [1.29, 1.82) is 0 Å². The van der Waals surface area contributed by atoms with Crippen molar-refractivity contribution in [3.05, 3.63) is 56.6 Å². The molecule has 0 saturated heterocycles. The van der Waals surface area contributed by atoms with E-state index in [2.05, 4.69) is 65.6 Å². The molecule has 1 aliphatic carbocycles. The number of halogens is 2. The van der Waals surface area contributed by atoms with Crippen molar-refractivity contribution in [3.8, 4) is 11.5 Å². The van der Waals surface area contributed by atoms with Crippen molar-refractivity contribution >= 4 is 29.4 Å². The lowest BCUT2D eigenvalue weighted by Gasteiger charge is -2.37. The summed E-state index contributed by atoms with van der Waals surface area (Å²) in [6, 6.07) is 7.84. The lowest BCUT2D eigenvalue weighted by molar-refractivity contribution is 0.162. The van der Waals surface area contributed by atoms with Gasteiger partial charge in [0.2, 0.25) is 0 Å². The number of likely N-dealkylation sites (N-methyl/N-ethyl adjacent to an activating group) is 1. The van der Waals surface area contributed by atoms with E-state index in [4.69, 9.17) is 28.2 Å². The monoisotopic (exact) mass is 518 g/mol. The Bertz CT molecular complexity index is 1080. The van der Waals surface area contributed by atoms with E-state index in [1.54, 1.807) is 12.3 Å². The molecule has 2 unspecified atom stereocenters. The van der Waals surface area contributed by atoms with E-state index in [1.165, 1.54) is 11.6 Å². The smallest absolute Gasteiger partial charge is 0.143 e. The van der Waals surface area contributed by atoms with Crippen LogP contribution in [0.5, 0.6) is 11.5 Å². The molecule has 6 heteroatoms. The Hall–Kier alpha value is -1.75. The average molecular weight is 520 g/mol. The van der Waals surface area contributed by atoms with E-state index in [0.29, 0.717) is 22.9 Å². The fraction of sp³-hybridized carbons (Fsp3) is 0.552. The summed E-state index contributed by atoms with van der Waals surface area (Å²) in [6.45, 7) is 13.7. The Morgan fingerprint density at radius 1 is 0.943 bits per heavy atom.